The lowest BCUT2D eigenvalue weighted by atomic mass is 9.99. The van der Waals surface area contributed by atoms with E-state index in [9.17, 15) is 13.2 Å². The number of anilines is 2. The zero-order valence-electron chi connectivity index (χ0n) is 18.8. The molecule has 0 spiro atoms. The molecule has 0 unspecified atom stereocenters. The van der Waals surface area contributed by atoms with Crippen LogP contribution in [0.25, 0.3) is 0 Å². The van der Waals surface area contributed by atoms with Crippen LogP contribution in [0, 0.1) is 6.92 Å². The normalized spacial score (nSPS) is 18.0. The second-order valence-corrected chi connectivity index (χ2v) is 10.5. The number of benzene rings is 1. The summed E-state index contributed by atoms with van der Waals surface area (Å²) in [6.45, 7) is 2.65. The van der Waals surface area contributed by atoms with Gasteiger partial charge in [0.1, 0.15) is 5.82 Å². The number of fused-ring (bicyclic) bond motifs is 2. The van der Waals surface area contributed by atoms with Crippen LogP contribution < -0.4 is 14.3 Å². The van der Waals surface area contributed by atoms with Crippen LogP contribution in [0.15, 0.2) is 18.5 Å². The molecular formula is C23H29N5O4S. The van der Waals surface area contributed by atoms with Crippen LogP contribution in [-0.4, -0.2) is 43.7 Å². The van der Waals surface area contributed by atoms with Gasteiger partial charge in [-0.15, -0.1) is 0 Å². The summed E-state index contributed by atoms with van der Waals surface area (Å²) < 4.78 is 35.8. The highest BCUT2D eigenvalue weighted by Gasteiger charge is 2.34. The Balaban J connectivity index is 1.41. The first-order valence-corrected chi connectivity index (χ1v) is 13.0. The van der Waals surface area contributed by atoms with E-state index < -0.39 is 16.2 Å². The Morgan fingerprint density at radius 2 is 1.64 bits per heavy atom. The predicted octanol–water partition coefficient (Wildman–Crippen LogP) is 2.81. The molecule has 0 atom stereocenters. The first kappa shape index (κ1) is 22.1. The second-order valence-electron chi connectivity index (χ2n) is 8.92. The van der Waals surface area contributed by atoms with Crippen LogP contribution in [0.5, 0.6) is 0 Å². The zero-order valence-corrected chi connectivity index (χ0v) is 19.6. The fourth-order valence-electron chi connectivity index (χ4n) is 5.24. The minimum Gasteiger partial charge on any atom is -0.381 e. The number of hydrogen-bond donors (Lipinski definition) is 2. The molecule has 1 aliphatic heterocycles. The first-order valence-electron chi connectivity index (χ1n) is 11.6. The van der Waals surface area contributed by atoms with Crippen LogP contribution in [0.3, 0.4) is 0 Å². The van der Waals surface area contributed by atoms with E-state index in [1.807, 2.05) is 0 Å². The topological polar surface area (TPSA) is 114 Å². The van der Waals surface area contributed by atoms with Gasteiger partial charge in [0, 0.05) is 18.9 Å². The highest BCUT2D eigenvalue weighted by molar-refractivity contribution is 7.91. The average molecular weight is 472 g/mol. The average Bonchev–Trinajstić information content (AvgIpc) is 3.45. The molecule has 0 bridgehead atoms. The van der Waals surface area contributed by atoms with Gasteiger partial charge >= 0.3 is 16.2 Å². The van der Waals surface area contributed by atoms with E-state index in [0.717, 1.165) is 55.3 Å². The van der Waals surface area contributed by atoms with Gasteiger partial charge in [0.2, 0.25) is 0 Å². The summed E-state index contributed by atoms with van der Waals surface area (Å²) in [6.07, 6.45) is 9.92. The Labute approximate surface area is 194 Å². The zero-order chi connectivity index (χ0) is 23.0. The lowest BCUT2D eigenvalue weighted by Gasteiger charge is -2.34. The highest BCUT2D eigenvalue weighted by atomic mass is 32.2. The maximum Gasteiger partial charge on any atom is 0.334 e. The molecule has 10 heteroatoms. The summed E-state index contributed by atoms with van der Waals surface area (Å²) in [5.74, 6) is 0.542. The van der Waals surface area contributed by atoms with Gasteiger partial charge in [0.25, 0.3) is 0 Å². The smallest absolute Gasteiger partial charge is 0.334 e. The molecule has 2 N–H and O–H groups in total. The standard InChI is InChI=1S/C23H29N5O4S/c1-15-24-13-19(14-25-15)28(18-8-10-32-11-9-18)33(30,31)27-23(29)26-22-20-6-2-4-16(20)12-17-5-3-7-21(17)22/h12-14,18H,2-11H2,1H3,(H2,26,27,29). The number of nitrogens with one attached hydrogen (secondary N) is 2. The third-order valence-corrected chi connectivity index (χ3v) is 8.21. The van der Waals surface area contributed by atoms with Crippen molar-refractivity contribution in [2.45, 2.75) is 64.3 Å². The number of nitrogens with zero attached hydrogens (tertiary/aromatic N) is 3. The molecule has 2 amide bonds. The first-order chi connectivity index (χ1) is 15.9. The van der Waals surface area contributed by atoms with Crippen LogP contribution >= 0.6 is 0 Å². The van der Waals surface area contributed by atoms with Crippen molar-refractivity contribution in [3.05, 3.63) is 46.5 Å². The van der Waals surface area contributed by atoms with Crippen LogP contribution in [0.2, 0.25) is 0 Å². The summed E-state index contributed by atoms with van der Waals surface area (Å²) in [5, 5.41) is 2.91. The van der Waals surface area contributed by atoms with Crippen molar-refractivity contribution >= 4 is 27.6 Å². The van der Waals surface area contributed by atoms with E-state index in [-0.39, 0.29) is 6.04 Å². The molecule has 0 saturated carbocycles. The van der Waals surface area contributed by atoms with Crippen molar-refractivity contribution in [3.8, 4) is 0 Å². The number of carbonyl (C=O) groups excluding carboxylic acids is 1. The van der Waals surface area contributed by atoms with Crippen molar-refractivity contribution in [3.63, 3.8) is 0 Å². The summed E-state index contributed by atoms with van der Waals surface area (Å²) in [6, 6.07) is 1.18. The van der Waals surface area contributed by atoms with Crippen molar-refractivity contribution in [1.82, 2.24) is 14.7 Å². The molecular weight excluding hydrogens is 442 g/mol. The highest BCUT2D eigenvalue weighted by Crippen LogP contribution is 2.38. The van der Waals surface area contributed by atoms with Gasteiger partial charge in [0.05, 0.1) is 24.1 Å². The van der Waals surface area contributed by atoms with Crippen molar-refractivity contribution in [2.75, 3.05) is 22.8 Å². The molecule has 5 rings (SSSR count). The Hall–Kier alpha value is -2.72. The van der Waals surface area contributed by atoms with E-state index in [2.05, 4.69) is 26.1 Å². The van der Waals surface area contributed by atoms with Gasteiger partial charge < -0.3 is 10.1 Å². The molecule has 9 nitrogen and oxygen atoms in total. The largest absolute Gasteiger partial charge is 0.381 e. The van der Waals surface area contributed by atoms with Gasteiger partial charge in [-0.05, 0) is 80.5 Å². The number of aromatic nitrogens is 2. The minimum absolute atomic E-state index is 0.328. The summed E-state index contributed by atoms with van der Waals surface area (Å²) >= 11 is 0. The van der Waals surface area contributed by atoms with Crippen molar-refractivity contribution in [1.29, 1.82) is 0 Å². The van der Waals surface area contributed by atoms with Gasteiger partial charge in [-0.1, -0.05) is 6.07 Å². The molecule has 176 valence electrons. The van der Waals surface area contributed by atoms with Crippen molar-refractivity contribution < 1.29 is 17.9 Å². The van der Waals surface area contributed by atoms with E-state index >= 15 is 0 Å². The van der Waals surface area contributed by atoms with Gasteiger partial charge in [-0.2, -0.15) is 8.42 Å². The molecule has 1 aromatic heterocycles. The number of hydrogen-bond acceptors (Lipinski definition) is 6. The fourth-order valence-corrected chi connectivity index (χ4v) is 6.60. The summed E-state index contributed by atoms with van der Waals surface area (Å²) in [4.78, 5) is 21.3. The Bertz CT molecular complexity index is 1130. The van der Waals surface area contributed by atoms with Gasteiger partial charge in [-0.3, -0.25) is 0 Å². The van der Waals surface area contributed by atoms with Crippen LogP contribution in [0.1, 0.15) is 53.8 Å². The third-order valence-electron chi connectivity index (χ3n) is 6.74. The van der Waals surface area contributed by atoms with Crippen LogP contribution in [-0.2, 0) is 40.6 Å². The number of ether oxygens (including phenoxy) is 1. The molecule has 0 radical (unpaired) electrons. The molecule has 33 heavy (non-hydrogen) atoms. The van der Waals surface area contributed by atoms with Crippen molar-refractivity contribution in [2.24, 2.45) is 0 Å². The Morgan fingerprint density at radius 3 is 2.24 bits per heavy atom. The number of carbonyl (C=O) groups is 1. The number of amides is 2. The lowest BCUT2D eigenvalue weighted by molar-refractivity contribution is 0.0875. The third kappa shape index (κ3) is 4.41. The fraction of sp³-hybridized carbons (Fsp3) is 0.522. The van der Waals surface area contributed by atoms with E-state index in [1.165, 1.54) is 27.8 Å². The molecule has 2 aromatic rings. The monoisotopic (exact) mass is 471 g/mol. The Kier molecular flexibility index (Phi) is 5.96. The SMILES string of the molecule is Cc1ncc(N(C2CCOCC2)S(=O)(=O)NC(=O)Nc2c3c(cc4c2CCC4)CCC3)cn1. The predicted molar refractivity (Wildman–Crippen MR) is 125 cm³/mol. The number of rotatable bonds is 5. The molecule has 2 heterocycles. The van der Waals surface area contributed by atoms with E-state index in [4.69, 9.17) is 4.74 Å². The maximum absolute atomic E-state index is 13.4. The molecule has 3 aliphatic rings. The Morgan fingerprint density at radius 1 is 1.03 bits per heavy atom. The van der Waals surface area contributed by atoms with E-state index in [0.29, 0.717) is 37.6 Å². The van der Waals surface area contributed by atoms with Crippen LogP contribution in [0.4, 0.5) is 16.2 Å². The maximum atomic E-state index is 13.4. The lowest BCUT2D eigenvalue weighted by Crippen LogP contribution is -2.51. The number of urea groups is 1. The minimum atomic E-state index is -4.20. The molecule has 2 aliphatic carbocycles. The van der Waals surface area contributed by atoms with Gasteiger partial charge in [0.15, 0.2) is 0 Å². The molecule has 1 fully saturated rings. The van der Waals surface area contributed by atoms with E-state index in [1.54, 1.807) is 6.92 Å². The second kappa shape index (κ2) is 8.90. The number of aryl methyl sites for hydroxylation is 3. The summed E-state index contributed by atoms with van der Waals surface area (Å²) in [5.41, 5.74) is 5.98. The molecule has 1 aromatic carbocycles. The quantitative estimate of drug-likeness (QED) is 0.693. The molecule has 1 saturated heterocycles. The van der Waals surface area contributed by atoms with Gasteiger partial charge in [-0.25, -0.2) is 23.8 Å². The summed E-state index contributed by atoms with van der Waals surface area (Å²) in [7, 11) is -4.20.